The molecule has 0 atom stereocenters. The maximum Gasteiger partial charge on any atom is 0.236 e. The molecule has 2 aromatic carbocycles. The van der Waals surface area contributed by atoms with E-state index in [9.17, 15) is 14.0 Å². The van der Waals surface area contributed by atoms with Gasteiger partial charge >= 0.3 is 0 Å². The molecule has 0 saturated carbocycles. The van der Waals surface area contributed by atoms with E-state index in [1.54, 1.807) is 17.5 Å². The van der Waals surface area contributed by atoms with Crippen LogP contribution >= 0.6 is 23.1 Å². The molecule has 2 N–H and O–H groups in total. The van der Waals surface area contributed by atoms with Crippen molar-refractivity contribution in [2.24, 2.45) is 0 Å². The van der Waals surface area contributed by atoms with Crippen molar-refractivity contribution in [2.75, 3.05) is 22.1 Å². The summed E-state index contributed by atoms with van der Waals surface area (Å²) in [6, 6.07) is 13.5. The Balaban J connectivity index is 1.42. The highest BCUT2D eigenvalue weighted by Crippen LogP contribution is 2.25. The largest absolute Gasteiger partial charge is 0.325 e. The van der Waals surface area contributed by atoms with Crippen LogP contribution in [-0.2, 0) is 9.59 Å². The predicted octanol–water partition coefficient (Wildman–Crippen LogP) is 4.57. The summed E-state index contributed by atoms with van der Waals surface area (Å²) < 4.78 is 13.0. The molecule has 3 aromatic rings. The summed E-state index contributed by atoms with van der Waals surface area (Å²) in [7, 11) is 0. The monoisotopic (exact) mass is 415 g/mol. The number of amides is 2. The van der Waals surface area contributed by atoms with E-state index >= 15 is 0 Å². The Morgan fingerprint density at radius 3 is 2.32 bits per heavy atom. The summed E-state index contributed by atoms with van der Waals surface area (Å²) in [6.07, 6.45) is 0. The minimum absolute atomic E-state index is 0.146. The highest BCUT2D eigenvalue weighted by molar-refractivity contribution is 8.00. The third kappa shape index (κ3) is 5.90. The number of thioether (sulfide) groups is 1. The summed E-state index contributed by atoms with van der Waals surface area (Å²) in [5.41, 5.74) is 3.30. The number of hydrogen-bond donors (Lipinski definition) is 2. The predicted molar refractivity (Wildman–Crippen MR) is 113 cm³/mol. The standard InChI is InChI=1S/C20H18FN3O2S2/c1-13-2-8-16(9-3-13)22-18(25)11-27-12-19(26)24-20-23-17(10-28-20)14-4-6-15(21)7-5-14/h2-10H,11-12H2,1H3,(H,22,25)(H,23,24,26). The van der Waals surface area contributed by atoms with Gasteiger partial charge in [-0.3, -0.25) is 9.59 Å². The second-order valence-electron chi connectivity index (χ2n) is 6.00. The van der Waals surface area contributed by atoms with Crippen LogP contribution < -0.4 is 10.6 Å². The summed E-state index contributed by atoms with van der Waals surface area (Å²) >= 11 is 2.52. The van der Waals surface area contributed by atoms with E-state index in [-0.39, 0.29) is 29.1 Å². The lowest BCUT2D eigenvalue weighted by atomic mass is 10.2. The molecule has 0 fully saturated rings. The van der Waals surface area contributed by atoms with Gasteiger partial charge in [0.1, 0.15) is 5.82 Å². The van der Waals surface area contributed by atoms with Crippen molar-refractivity contribution in [1.82, 2.24) is 4.98 Å². The van der Waals surface area contributed by atoms with Gasteiger partial charge in [-0.15, -0.1) is 23.1 Å². The average Bonchev–Trinajstić information content (AvgIpc) is 3.12. The zero-order valence-electron chi connectivity index (χ0n) is 15.1. The van der Waals surface area contributed by atoms with E-state index < -0.39 is 0 Å². The SMILES string of the molecule is Cc1ccc(NC(=O)CSCC(=O)Nc2nc(-c3ccc(F)cc3)cs2)cc1. The highest BCUT2D eigenvalue weighted by atomic mass is 32.2. The van der Waals surface area contributed by atoms with Gasteiger partial charge in [0.25, 0.3) is 0 Å². The minimum Gasteiger partial charge on any atom is -0.325 e. The normalized spacial score (nSPS) is 10.5. The second-order valence-corrected chi connectivity index (χ2v) is 7.84. The summed E-state index contributed by atoms with van der Waals surface area (Å²) in [4.78, 5) is 28.3. The molecule has 0 saturated heterocycles. The number of halogens is 1. The number of hydrogen-bond acceptors (Lipinski definition) is 5. The van der Waals surface area contributed by atoms with Crippen molar-refractivity contribution >= 4 is 45.7 Å². The smallest absolute Gasteiger partial charge is 0.236 e. The van der Waals surface area contributed by atoms with E-state index in [0.29, 0.717) is 10.8 Å². The number of anilines is 2. The van der Waals surface area contributed by atoms with Crippen molar-refractivity contribution in [1.29, 1.82) is 0 Å². The average molecular weight is 416 g/mol. The number of thiazole rings is 1. The number of nitrogens with zero attached hydrogens (tertiary/aromatic N) is 1. The third-order valence-corrected chi connectivity index (χ3v) is 5.38. The lowest BCUT2D eigenvalue weighted by Gasteiger charge is -2.05. The molecule has 8 heteroatoms. The topological polar surface area (TPSA) is 71.1 Å². The fourth-order valence-electron chi connectivity index (χ4n) is 2.31. The third-order valence-electron chi connectivity index (χ3n) is 3.69. The van der Waals surface area contributed by atoms with Gasteiger partial charge in [0.05, 0.1) is 17.2 Å². The molecule has 144 valence electrons. The molecule has 0 spiro atoms. The molecule has 3 rings (SSSR count). The fourth-order valence-corrected chi connectivity index (χ4v) is 3.66. The van der Waals surface area contributed by atoms with Crippen LogP contribution in [0.1, 0.15) is 5.56 Å². The molecule has 1 aromatic heterocycles. The number of carbonyl (C=O) groups excluding carboxylic acids is 2. The summed E-state index contributed by atoms with van der Waals surface area (Å²) in [5.74, 6) is -0.370. The van der Waals surface area contributed by atoms with E-state index in [1.165, 1.54) is 35.2 Å². The Labute approximate surface area is 170 Å². The molecule has 0 aliphatic carbocycles. The summed E-state index contributed by atoms with van der Waals surface area (Å²) in [5, 5.41) is 7.77. The Morgan fingerprint density at radius 1 is 1.00 bits per heavy atom. The van der Waals surface area contributed by atoms with Gasteiger partial charge in [-0.2, -0.15) is 0 Å². The second kappa shape index (κ2) is 9.48. The van der Waals surface area contributed by atoms with Gasteiger partial charge in [-0.25, -0.2) is 9.37 Å². The van der Waals surface area contributed by atoms with Gasteiger partial charge < -0.3 is 10.6 Å². The Kier molecular flexibility index (Phi) is 6.78. The van der Waals surface area contributed by atoms with Crippen LogP contribution in [0.3, 0.4) is 0 Å². The van der Waals surface area contributed by atoms with Gasteiger partial charge in [0, 0.05) is 16.6 Å². The van der Waals surface area contributed by atoms with Crippen molar-refractivity contribution in [3.8, 4) is 11.3 Å². The first-order valence-corrected chi connectivity index (χ1v) is 10.5. The van der Waals surface area contributed by atoms with Gasteiger partial charge in [0.15, 0.2) is 5.13 Å². The number of nitrogens with one attached hydrogen (secondary N) is 2. The molecule has 0 aliphatic heterocycles. The molecule has 0 aliphatic rings. The zero-order chi connectivity index (χ0) is 19.9. The molecule has 1 heterocycles. The molecule has 28 heavy (non-hydrogen) atoms. The first-order chi connectivity index (χ1) is 13.5. The molecule has 0 bridgehead atoms. The van der Waals surface area contributed by atoms with Crippen molar-refractivity contribution in [3.05, 3.63) is 65.3 Å². The highest BCUT2D eigenvalue weighted by Gasteiger charge is 2.10. The van der Waals surface area contributed by atoms with Crippen molar-refractivity contribution in [2.45, 2.75) is 6.92 Å². The zero-order valence-corrected chi connectivity index (χ0v) is 16.7. The first-order valence-electron chi connectivity index (χ1n) is 8.45. The van der Waals surface area contributed by atoms with E-state index in [4.69, 9.17) is 0 Å². The van der Waals surface area contributed by atoms with Crippen LogP contribution in [0.4, 0.5) is 15.2 Å². The van der Waals surface area contributed by atoms with Gasteiger partial charge in [-0.05, 0) is 43.3 Å². The Hall–Kier alpha value is -2.71. The lowest BCUT2D eigenvalue weighted by Crippen LogP contribution is -2.18. The molecule has 2 amide bonds. The Bertz CT molecular complexity index is 956. The van der Waals surface area contributed by atoms with E-state index in [1.807, 2.05) is 31.2 Å². The molecule has 0 unspecified atom stereocenters. The number of carbonyl (C=O) groups is 2. The number of aryl methyl sites for hydroxylation is 1. The van der Waals surface area contributed by atoms with Crippen molar-refractivity contribution < 1.29 is 14.0 Å². The van der Waals surface area contributed by atoms with Crippen LogP contribution in [0.2, 0.25) is 0 Å². The van der Waals surface area contributed by atoms with E-state index in [2.05, 4.69) is 15.6 Å². The first kappa shape index (κ1) is 20.0. The lowest BCUT2D eigenvalue weighted by molar-refractivity contribution is -0.114. The summed E-state index contributed by atoms with van der Waals surface area (Å²) in [6.45, 7) is 1.98. The van der Waals surface area contributed by atoms with E-state index in [0.717, 1.165) is 16.8 Å². The van der Waals surface area contributed by atoms with Crippen LogP contribution in [0, 0.1) is 12.7 Å². The minimum atomic E-state index is -0.309. The number of rotatable bonds is 7. The van der Waals surface area contributed by atoms with Crippen LogP contribution in [0.15, 0.2) is 53.9 Å². The maximum absolute atomic E-state index is 13.0. The quantitative estimate of drug-likeness (QED) is 0.593. The molecule has 0 radical (unpaired) electrons. The van der Waals surface area contributed by atoms with Crippen LogP contribution in [0.5, 0.6) is 0 Å². The Morgan fingerprint density at radius 2 is 1.64 bits per heavy atom. The number of aromatic nitrogens is 1. The molecule has 5 nitrogen and oxygen atoms in total. The molecular weight excluding hydrogens is 397 g/mol. The molecular formula is C20H18FN3O2S2. The van der Waals surface area contributed by atoms with Crippen LogP contribution in [-0.4, -0.2) is 28.3 Å². The van der Waals surface area contributed by atoms with Crippen LogP contribution in [0.25, 0.3) is 11.3 Å². The van der Waals surface area contributed by atoms with Crippen molar-refractivity contribution in [3.63, 3.8) is 0 Å². The maximum atomic E-state index is 13.0. The van der Waals surface area contributed by atoms with Gasteiger partial charge in [-0.1, -0.05) is 17.7 Å². The number of benzene rings is 2. The van der Waals surface area contributed by atoms with Gasteiger partial charge in [0.2, 0.25) is 11.8 Å². The fraction of sp³-hybridized carbons (Fsp3) is 0.150.